The number of hydrogen-bond acceptors (Lipinski definition) is 3. The molecule has 2 unspecified atom stereocenters. The molecule has 0 amide bonds. The lowest BCUT2D eigenvalue weighted by Gasteiger charge is -2.28. The number of esters is 2. The number of carbonyl (C=O) groups is 2. The molecule has 0 spiro atoms. The van der Waals surface area contributed by atoms with Crippen molar-refractivity contribution in [2.75, 3.05) is 0 Å². The van der Waals surface area contributed by atoms with Crippen LogP contribution in [0.3, 0.4) is 0 Å². The maximum atomic E-state index is 11.7. The van der Waals surface area contributed by atoms with Gasteiger partial charge in [0.2, 0.25) is 0 Å². The molecule has 3 rings (SSSR count). The van der Waals surface area contributed by atoms with Crippen molar-refractivity contribution in [1.29, 1.82) is 0 Å². The third kappa shape index (κ3) is 1.57. The van der Waals surface area contributed by atoms with Crippen molar-refractivity contribution in [3.63, 3.8) is 0 Å². The second-order valence-corrected chi connectivity index (χ2v) is 5.82. The Balaban J connectivity index is 2.18. The summed E-state index contributed by atoms with van der Waals surface area (Å²) in [6.45, 7) is 8.48. The van der Waals surface area contributed by atoms with Gasteiger partial charge in [-0.05, 0) is 73.9 Å². The first-order valence-corrected chi connectivity index (χ1v) is 6.75. The van der Waals surface area contributed by atoms with E-state index in [2.05, 4.69) is 27.7 Å². The lowest BCUT2D eigenvalue weighted by Crippen LogP contribution is -2.29. The van der Waals surface area contributed by atoms with Crippen molar-refractivity contribution in [2.24, 2.45) is 11.8 Å². The molecular formula is C16H18O3. The van der Waals surface area contributed by atoms with Crippen LogP contribution in [0.5, 0.6) is 0 Å². The number of fused-ring (bicyclic) bond motifs is 2. The minimum atomic E-state index is -0.337. The third-order valence-corrected chi connectivity index (χ3v) is 5.10. The van der Waals surface area contributed by atoms with Crippen molar-refractivity contribution in [3.8, 4) is 0 Å². The highest BCUT2D eigenvalue weighted by atomic mass is 16.6. The summed E-state index contributed by atoms with van der Waals surface area (Å²) in [5, 5.41) is 0. The normalized spacial score (nSPS) is 25.1. The number of ether oxygens (including phenoxy) is 1. The molecule has 19 heavy (non-hydrogen) atoms. The first-order valence-electron chi connectivity index (χ1n) is 6.75. The van der Waals surface area contributed by atoms with Crippen molar-refractivity contribution in [3.05, 3.63) is 33.4 Å². The number of carbonyl (C=O) groups excluding carboxylic acids is 2. The van der Waals surface area contributed by atoms with Gasteiger partial charge in [0.05, 0.1) is 11.8 Å². The van der Waals surface area contributed by atoms with Gasteiger partial charge in [0, 0.05) is 0 Å². The van der Waals surface area contributed by atoms with E-state index >= 15 is 0 Å². The Morgan fingerprint density at radius 1 is 0.737 bits per heavy atom. The van der Waals surface area contributed by atoms with Crippen LogP contribution in [-0.4, -0.2) is 11.9 Å². The van der Waals surface area contributed by atoms with Crippen molar-refractivity contribution < 1.29 is 14.3 Å². The molecule has 0 saturated carbocycles. The monoisotopic (exact) mass is 258 g/mol. The summed E-state index contributed by atoms with van der Waals surface area (Å²) in [6, 6.07) is 0. The Hall–Kier alpha value is -1.64. The maximum absolute atomic E-state index is 11.7. The molecule has 1 fully saturated rings. The molecule has 0 bridgehead atoms. The summed E-state index contributed by atoms with van der Waals surface area (Å²) < 4.78 is 4.80. The van der Waals surface area contributed by atoms with E-state index in [1.165, 1.54) is 33.4 Å². The Morgan fingerprint density at radius 3 is 1.47 bits per heavy atom. The summed E-state index contributed by atoms with van der Waals surface area (Å²) in [5.74, 6) is -1.20. The molecule has 0 aromatic heterocycles. The molecule has 1 heterocycles. The van der Waals surface area contributed by atoms with E-state index in [4.69, 9.17) is 4.74 Å². The predicted octanol–water partition coefficient (Wildman–Crippen LogP) is 2.33. The van der Waals surface area contributed by atoms with Crippen LogP contribution >= 0.6 is 0 Å². The number of benzene rings is 1. The van der Waals surface area contributed by atoms with E-state index in [1.54, 1.807) is 0 Å². The summed E-state index contributed by atoms with van der Waals surface area (Å²) in [4.78, 5) is 23.5. The van der Waals surface area contributed by atoms with E-state index in [1.807, 2.05) is 0 Å². The van der Waals surface area contributed by atoms with Gasteiger partial charge in [0.25, 0.3) is 0 Å². The summed E-state index contributed by atoms with van der Waals surface area (Å²) in [6.07, 6.45) is 1.30. The summed E-state index contributed by atoms with van der Waals surface area (Å²) in [7, 11) is 0. The summed E-state index contributed by atoms with van der Waals surface area (Å²) in [5.41, 5.74) is 7.65. The maximum Gasteiger partial charge on any atom is 0.317 e. The molecule has 3 nitrogen and oxygen atoms in total. The van der Waals surface area contributed by atoms with Crippen LogP contribution in [0.2, 0.25) is 0 Å². The van der Waals surface area contributed by atoms with Gasteiger partial charge >= 0.3 is 11.9 Å². The summed E-state index contributed by atoms with van der Waals surface area (Å²) >= 11 is 0. The molecule has 2 aliphatic rings. The first kappa shape index (κ1) is 12.4. The molecule has 0 radical (unpaired) electrons. The molecule has 1 saturated heterocycles. The highest BCUT2D eigenvalue weighted by Gasteiger charge is 2.47. The van der Waals surface area contributed by atoms with Crippen molar-refractivity contribution >= 4 is 11.9 Å². The molecule has 1 aromatic rings. The lowest BCUT2D eigenvalue weighted by molar-refractivity contribution is -0.153. The van der Waals surface area contributed by atoms with Crippen molar-refractivity contribution in [1.82, 2.24) is 0 Å². The fourth-order valence-corrected chi connectivity index (χ4v) is 3.49. The predicted molar refractivity (Wildman–Crippen MR) is 70.9 cm³/mol. The SMILES string of the molecule is Cc1c(C)c(C)c2c(c1C)CC1C(=O)OC(=O)C1C2. The topological polar surface area (TPSA) is 43.4 Å². The van der Waals surface area contributed by atoms with Crippen LogP contribution < -0.4 is 0 Å². The smallest absolute Gasteiger partial charge is 0.317 e. The van der Waals surface area contributed by atoms with Crippen LogP contribution in [0.25, 0.3) is 0 Å². The molecule has 1 aromatic carbocycles. The minimum absolute atomic E-state index is 0.264. The van der Waals surface area contributed by atoms with Gasteiger partial charge in [-0.25, -0.2) is 0 Å². The lowest BCUT2D eigenvalue weighted by atomic mass is 9.72. The minimum Gasteiger partial charge on any atom is -0.393 e. The van der Waals surface area contributed by atoms with Crippen LogP contribution in [-0.2, 0) is 27.2 Å². The Bertz CT molecular complexity index is 560. The fourth-order valence-electron chi connectivity index (χ4n) is 3.49. The van der Waals surface area contributed by atoms with E-state index in [-0.39, 0.29) is 23.8 Å². The average Bonchev–Trinajstić information content (AvgIpc) is 2.67. The molecule has 1 aliphatic heterocycles. The number of cyclic esters (lactones) is 2. The van der Waals surface area contributed by atoms with E-state index < -0.39 is 0 Å². The van der Waals surface area contributed by atoms with Gasteiger partial charge < -0.3 is 4.74 Å². The average molecular weight is 258 g/mol. The second-order valence-electron chi connectivity index (χ2n) is 5.82. The molecule has 100 valence electrons. The highest BCUT2D eigenvalue weighted by Crippen LogP contribution is 2.40. The van der Waals surface area contributed by atoms with Gasteiger partial charge in [0.15, 0.2) is 0 Å². The van der Waals surface area contributed by atoms with Crippen molar-refractivity contribution in [2.45, 2.75) is 40.5 Å². The molecule has 0 N–H and O–H groups in total. The molecule has 3 heteroatoms. The van der Waals surface area contributed by atoms with E-state index in [0.717, 1.165) is 0 Å². The Labute approximate surface area is 113 Å². The van der Waals surface area contributed by atoms with Gasteiger partial charge in [-0.1, -0.05) is 0 Å². The molecular weight excluding hydrogens is 240 g/mol. The molecule has 1 aliphatic carbocycles. The van der Waals surface area contributed by atoms with Crippen LogP contribution in [0.15, 0.2) is 0 Å². The zero-order valence-electron chi connectivity index (χ0n) is 11.8. The standard InChI is InChI=1S/C16H18O3/c1-7-8(2)10(4)12-6-14-13(5-11(12)9(7)3)15(17)19-16(14)18/h13-14H,5-6H2,1-4H3. The van der Waals surface area contributed by atoms with Crippen LogP contribution in [0.4, 0.5) is 0 Å². The van der Waals surface area contributed by atoms with Gasteiger partial charge in [-0.2, -0.15) is 0 Å². The van der Waals surface area contributed by atoms with Gasteiger partial charge in [-0.3, -0.25) is 9.59 Å². The van der Waals surface area contributed by atoms with Gasteiger partial charge in [-0.15, -0.1) is 0 Å². The van der Waals surface area contributed by atoms with E-state index in [9.17, 15) is 9.59 Å². The van der Waals surface area contributed by atoms with Crippen LogP contribution in [0.1, 0.15) is 33.4 Å². The number of rotatable bonds is 0. The zero-order valence-corrected chi connectivity index (χ0v) is 11.8. The second kappa shape index (κ2) is 3.92. The van der Waals surface area contributed by atoms with E-state index in [0.29, 0.717) is 12.8 Å². The first-order chi connectivity index (χ1) is 8.91. The highest BCUT2D eigenvalue weighted by molar-refractivity contribution is 5.97. The van der Waals surface area contributed by atoms with Gasteiger partial charge in [0.1, 0.15) is 0 Å². The quantitative estimate of drug-likeness (QED) is 0.530. The third-order valence-electron chi connectivity index (χ3n) is 5.10. The zero-order chi connectivity index (χ0) is 13.9. The largest absolute Gasteiger partial charge is 0.393 e. The molecule has 2 atom stereocenters. The Morgan fingerprint density at radius 2 is 1.11 bits per heavy atom. The van der Waals surface area contributed by atoms with Crippen LogP contribution in [0, 0.1) is 39.5 Å². The number of hydrogen-bond donors (Lipinski definition) is 0. The fraction of sp³-hybridized carbons (Fsp3) is 0.500. The Kier molecular flexibility index (Phi) is 2.56.